The van der Waals surface area contributed by atoms with Crippen molar-refractivity contribution < 1.29 is 9.90 Å². The lowest BCUT2D eigenvalue weighted by molar-refractivity contribution is 0.0696. The first kappa shape index (κ1) is 14.2. The number of carboxylic acids is 1. The average molecular weight is 314 g/mol. The maximum Gasteiger partial charge on any atom is 0.335 e. The monoisotopic (exact) mass is 314 g/mol. The van der Waals surface area contributed by atoms with Crippen molar-refractivity contribution in [1.82, 2.24) is 9.55 Å². The van der Waals surface area contributed by atoms with E-state index >= 15 is 0 Å². The summed E-state index contributed by atoms with van der Waals surface area (Å²) >= 11 is 0. The molecule has 4 rings (SSSR count). The molecule has 0 bridgehead atoms. The predicted octanol–water partition coefficient (Wildman–Crippen LogP) is 4.39. The van der Waals surface area contributed by atoms with E-state index in [0.717, 1.165) is 22.2 Å². The number of rotatable bonds is 3. The number of fused-ring (bicyclic) bond motifs is 1. The fourth-order valence-electron chi connectivity index (χ4n) is 2.90. The Labute approximate surface area is 138 Å². The molecule has 0 saturated heterocycles. The Kier molecular flexibility index (Phi) is 3.35. The second-order valence-electron chi connectivity index (χ2n) is 5.50. The molecule has 0 amide bonds. The van der Waals surface area contributed by atoms with E-state index in [0.29, 0.717) is 5.82 Å². The second kappa shape index (κ2) is 5.66. The zero-order chi connectivity index (χ0) is 16.5. The predicted molar refractivity (Wildman–Crippen MR) is 93.5 cm³/mol. The number of nitrogens with zero attached hydrogens (tertiary/aromatic N) is 2. The molecule has 2 aromatic heterocycles. The van der Waals surface area contributed by atoms with E-state index in [-0.39, 0.29) is 5.56 Å². The second-order valence-corrected chi connectivity index (χ2v) is 5.50. The highest BCUT2D eigenvalue weighted by molar-refractivity contribution is 5.91. The smallest absolute Gasteiger partial charge is 0.335 e. The van der Waals surface area contributed by atoms with Crippen LogP contribution in [0.3, 0.4) is 0 Å². The SMILES string of the molecule is O=C(O)c1ccnc(-n2c(-c3ccccc3)cc3ccccc32)c1. The highest BCUT2D eigenvalue weighted by Crippen LogP contribution is 2.30. The summed E-state index contributed by atoms with van der Waals surface area (Å²) < 4.78 is 2.00. The molecule has 0 radical (unpaired) electrons. The van der Waals surface area contributed by atoms with Gasteiger partial charge in [-0.3, -0.25) is 4.57 Å². The first-order chi connectivity index (χ1) is 11.7. The standard InChI is InChI=1S/C20H14N2O2/c23-20(24)16-10-11-21-19(13-16)22-17-9-5-4-8-15(17)12-18(22)14-6-2-1-3-7-14/h1-13H,(H,23,24). The van der Waals surface area contributed by atoms with E-state index < -0.39 is 5.97 Å². The van der Waals surface area contributed by atoms with Gasteiger partial charge in [-0.1, -0.05) is 48.5 Å². The van der Waals surface area contributed by atoms with Gasteiger partial charge in [0.05, 0.1) is 16.8 Å². The fourth-order valence-corrected chi connectivity index (χ4v) is 2.90. The van der Waals surface area contributed by atoms with Crippen LogP contribution >= 0.6 is 0 Å². The van der Waals surface area contributed by atoms with Crippen LogP contribution in [0.5, 0.6) is 0 Å². The maximum absolute atomic E-state index is 11.3. The number of pyridine rings is 1. The Balaban J connectivity index is 2.03. The molecule has 1 N–H and O–H groups in total. The molecule has 0 aliphatic heterocycles. The van der Waals surface area contributed by atoms with Crippen molar-refractivity contribution in [3.8, 4) is 17.1 Å². The van der Waals surface area contributed by atoms with Gasteiger partial charge in [-0.05, 0) is 29.8 Å². The highest BCUT2D eigenvalue weighted by Gasteiger charge is 2.14. The molecule has 0 atom stereocenters. The lowest BCUT2D eigenvalue weighted by atomic mass is 10.1. The van der Waals surface area contributed by atoms with Crippen LogP contribution in [0.25, 0.3) is 28.0 Å². The van der Waals surface area contributed by atoms with Gasteiger partial charge in [0.25, 0.3) is 0 Å². The summed E-state index contributed by atoms with van der Waals surface area (Å²) in [5.41, 5.74) is 3.24. The largest absolute Gasteiger partial charge is 0.478 e. The molecule has 0 aliphatic rings. The average Bonchev–Trinajstić information content (AvgIpc) is 3.02. The molecule has 0 fully saturated rings. The van der Waals surface area contributed by atoms with Gasteiger partial charge in [0, 0.05) is 11.6 Å². The van der Waals surface area contributed by atoms with Gasteiger partial charge in [0.2, 0.25) is 0 Å². The van der Waals surface area contributed by atoms with Gasteiger partial charge < -0.3 is 5.11 Å². The lowest BCUT2D eigenvalue weighted by Gasteiger charge is -2.11. The van der Waals surface area contributed by atoms with Crippen LogP contribution in [0.2, 0.25) is 0 Å². The quantitative estimate of drug-likeness (QED) is 0.610. The first-order valence-electron chi connectivity index (χ1n) is 7.60. The van der Waals surface area contributed by atoms with Crippen molar-refractivity contribution in [2.75, 3.05) is 0 Å². The van der Waals surface area contributed by atoms with E-state index in [9.17, 15) is 9.90 Å². The van der Waals surface area contributed by atoms with E-state index in [1.807, 2.05) is 59.2 Å². The van der Waals surface area contributed by atoms with Gasteiger partial charge >= 0.3 is 5.97 Å². The normalized spacial score (nSPS) is 10.8. The molecule has 4 aromatic rings. The summed E-state index contributed by atoms with van der Waals surface area (Å²) in [7, 11) is 0. The van der Waals surface area contributed by atoms with E-state index in [1.54, 1.807) is 6.07 Å². The number of carboxylic acid groups (broad SMARTS) is 1. The Bertz CT molecular complexity index is 1040. The zero-order valence-electron chi connectivity index (χ0n) is 12.8. The molecule has 0 aliphatic carbocycles. The highest BCUT2D eigenvalue weighted by atomic mass is 16.4. The van der Waals surface area contributed by atoms with Crippen LogP contribution < -0.4 is 0 Å². The van der Waals surface area contributed by atoms with Crippen molar-refractivity contribution in [2.45, 2.75) is 0 Å². The number of benzene rings is 2. The first-order valence-corrected chi connectivity index (χ1v) is 7.60. The molecular formula is C20H14N2O2. The van der Waals surface area contributed by atoms with Gasteiger partial charge in [-0.15, -0.1) is 0 Å². The van der Waals surface area contributed by atoms with E-state index in [4.69, 9.17) is 0 Å². The summed E-state index contributed by atoms with van der Waals surface area (Å²) in [5, 5.41) is 10.4. The van der Waals surface area contributed by atoms with Crippen molar-refractivity contribution in [3.05, 3.63) is 84.6 Å². The van der Waals surface area contributed by atoms with Gasteiger partial charge in [-0.25, -0.2) is 9.78 Å². The molecule has 2 heterocycles. The molecule has 0 saturated carbocycles. The summed E-state index contributed by atoms with van der Waals surface area (Å²) in [4.78, 5) is 15.7. The Morgan fingerprint density at radius 3 is 2.46 bits per heavy atom. The number of hydrogen-bond donors (Lipinski definition) is 1. The number of para-hydroxylation sites is 1. The van der Waals surface area contributed by atoms with Crippen LogP contribution in [0.4, 0.5) is 0 Å². The van der Waals surface area contributed by atoms with Crippen molar-refractivity contribution in [3.63, 3.8) is 0 Å². The third-order valence-electron chi connectivity index (χ3n) is 4.00. The molecule has 116 valence electrons. The van der Waals surface area contributed by atoms with Crippen LogP contribution in [-0.2, 0) is 0 Å². The summed E-state index contributed by atoms with van der Waals surface area (Å²) in [5.74, 6) is -0.369. The minimum atomic E-state index is -0.962. The number of carbonyl (C=O) groups is 1. The molecule has 4 nitrogen and oxygen atoms in total. The van der Waals surface area contributed by atoms with Crippen LogP contribution in [0.15, 0.2) is 79.0 Å². The third-order valence-corrected chi connectivity index (χ3v) is 4.00. The maximum atomic E-state index is 11.3. The van der Waals surface area contributed by atoms with Gasteiger partial charge in [0.1, 0.15) is 5.82 Å². The zero-order valence-corrected chi connectivity index (χ0v) is 12.8. The summed E-state index contributed by atoms with van der Waals surface area (Å²) in [6.07, 6.45) is 1.53. The summed E-state index contributed by atoms with van der Waals surface area (Å²) in [6.45, 7) is 0. The molecule has 0 spiro atoms. The Morgan fingerprint density at radius 2 is 1.67 bits per heavy atom. The number of aromatic nitrogens is 2. The molecule has 2 aromatic carbocycles. The van der Waals surface area contributed by atoms with Crippen molar-refractivity contribution >= 4 is 16.9 Å². The molecular weight excluding hydrogens is 300 g/mol. The number of aromatic carboxylic acids is 1. The van der Waals surface area contributed by atoms with E-state index in [1.165, 1.54) is 12.3 Å². The van der Waals surface area contributed by atoms with Crippen molar-refractivity contribution in [1.29, 1.82) is 0 Å². The van der Waals surface area contributed by atoms with E-state index in [2.05, 4.69) is 11.1 Å². The lowest BCUT2D eigenvalue weighted by Crippen LogP contribution is -2.03. The van der Waals surface area contributed by atoms with Crippen molar-refractivity contribution in [2.24, 2.45) is 0 Å². The minimum absolute atomic E-state index is 0.219. The topological polar surface area (TPSA) is 55.1 Å². The van der Waals surface area contributed by atoms with Crippen LogP contribution in [0.1, 0.15) is 10.4 Å². The van der Waals surface area contributed by atoms with Gasteiger partial charge in [-0.2, -0.15) is 0 Å². The Hall–Kier alpha value is -3.40. The fraction of sp³-hybridized carbons (Fsp3) is 0. The van der Waals surface area contributed by atoms with Gasteiger partial charge in [0.15, 0.2) is 0 Å². The van der Waals surface area contributed by atoms with Crippen LogP contribution in [0, 0.1) is 0 Å². The number of hydrogen-bond acceptors (Lipinski definition) is 2. The van der Waals surface area contributed by atoms with Crippen LogP contribution in [-0.4, -0.2) is 20.6 Å². The molecule has 0 unspecified atom stereocenters. The Morgan fingerprint density at radius 1 is 0.917 bits per heavy atom. The minimum Gasteiger partial charge on any atom is -0.478 e. The molecule has 4 heteroatoms. The summed E-state index contributed by atoms with van der Waals surface area (Å²) in [6, 6.07) is 23.2. The molecule has 24 heavy (non-hydrogen) atoms. The third kappa shape index (κ3) is 2.34.